The van der Waals surface area contributed by atoms with Crippen LogP contribution in [0.25, 0.3) is 26.4 Å². The maximum atomic E-state index is 4.54. The molecule has 0 bridgehead atoms. The largest absolute Gasteiger partial charge is 0.317 e. The number of hydrogen-bond donors (Lipinski definition) is 1. The van der Waals surface area contributed by atoms with Crippen molar-refractivity contribution in [3.8, 4) is 10.6 Å². The molecule has 30 heavy (non-hydrogen) atoms. The predicted octanol–water partition coefficient (Wildman–Crippen LogP) is 5.47. The van der Waals surface area contributed by atoms with Gasteiger partial charge < -0.3 is 5.32 Å². The molecule has 7 heteroatoms. The Kier molecular flexibility index (Phi) is 7.99. The average molecular weight is 427 g/mol. The van der Waals surface area contributed by atoms with Gasteiger partial charge in [0, 0.05) is 30.4 Å². The molecule has 6 nitrogen and oxygen atoms in total. The summed E-state index contributed by atoms with van der Waals surface area (Å²) in [5.41, 5.74) is 3.34. The highest BCUT2D eigenvalue weighted by Crippen LogP contribution is 2.29. The predicted molar refractivity (Wildman–Crippen MR) is 127 cm³/mol. The van der Waals surface area contributed by atoms with Crippen molar-refractivity contribution >= 4 is 27.2 Å². The first-order valence-corrected chi connectivity index (χ1v) is 11.9. The number of nitrogens with one attached hydrogen (secondary N) is 1. The first-order valence-electron chi connectivity index (χ1n) is 11.1. The number of benzene rings is 1. The van der Waals surface area contributed by atoms with Crippen LogP contribution in [0.4, 0.5) is 0 Å². The number of hydrogen-bond acceptors (Lipinski definition) is 5. The zero-order valence-corrected chi connectivity index (χ0v) is 19.7. The Labute approximate surface area is 183 Å². The molecule has 0 atom stereocenters. The summed E-state index contributed by atoms with van der Waals surface area (Å²) in [5, 5.41) is 14.5. The van der Waals surface area contributed by atoms with Crippen LogP contribution >= 0.6 is 11.3 Å². The molecule has 1 saturated carbocycles. The fourth-order valence-corrected chi connectivity index (χ4v) is 4.72. The topological polar surface area (TPSA) is 60.0 Å². The van der Waals surface area contributed by atoms with Crippen LogP contribution in [-0.2, 0) is 7.05 Å². The Balaban J connectivity index is 0.000000197. The van der Waals surface area contributed by atoms with Crippen LogP contribution in [0.1, 0.15) is 52.0 Å². The summed E-state index contributed by atoms with van der Waals surface area (Å²) >= 11 is 1.59. The van der Waals surface area contributed by atoms with Gasteiger partial charge in [0.15, 0.2) is 0 Å². The normalized spacial score (nSPS) is 13.9. The van der Waals surface area contributed by atoms with E-state index in [1.807, 2.05) is 42.5 Å². The second-order valence-electron chi connectivity index (χ2n) is 7.55. The summed E-state index contributed by atoms with van der Waals surface area (Å²) in [7, 11) is 1.94. The molecule has 0 spiro atoms. The molecule has 4 aromatic rings. The van der Waals surface area contributed by atoms with Crippen LogP contribution in [0, 0.1) is 12.8 Å². The minimum atomic E-state index is 0.916. The van der Waals surface area contributed by atoms with Crippen molar-refractivity contribution in [2.45, 2.75) is 53.4 Å². The van der Waals surface area contributed by atoms with Gasteiger partial charge in [-0.1, -0.05) is 44.9 Å². The van der Waals surface area contributed by atoms with E-state index in [1.165, 1.54) is 37.8 Å². The molecule has 1 fully saturated rings. The lowest BCUT2D eigenvalue weighted by Gasteiger charge is -2.07. The van der Waals surface area contributed by atoms with Gasteiger partial charge in [-0.05, 0) is 56.5 Å². The van der Waals surface area contributed by atoms with E-state index in [-0.39, 0.29) is 0 Å². The molecule has 1 aromatic carbocycles. The molecule has 0 saturated heterocycles. The van der Waals surface area contributed by atoms with Crippen LogP contribution in [0.3, 0.4) is 0 Å². The van der Waals surface area contributed by atoms with Gasteiger partial charge in [0.25, 0.3) is 0 Å². The highest BCUT2D eigenvalue weighted by atomic mass is 32.1. The lowest BCUT2D eigenvalue weighted by atomic mass is 10.1. The third kappa shape index (κ3) is 5.26. The summed E-state index contributed by atoms with van der Waals surface area (Å²) in [4.78, 5) is 5.17. The quantitative estimate of drug-likeness (QED) is 0.470. The van der Waals surface area contributed by atoms with Gasteiger partial charge in [0.05, 0.1) is 11.7 Å². The fourth-order valence-electron chi connectivity index (χ4n) is 3.87. The van der Waals surface area contributed by atoms with Crippen molar-refractivity contribution in [3.05, 3.63) is 36.3 Å². The van der Waals surface area contributed by atoms with E-state index in [0.29, 0.717) is 0 Å². The van der Waals surface area contributed by atoms with Crippen LogP contribution in [0.5, 0.6) is 0 Å². The van der Waals surface area contributed by atoms with Gasteiger partial charge in [-0.15, -0.1) is 0 Å². The smallest absolute Gasteiger partial charge is 0.212 e. The molecule has 5 rings (SSSR count). The Hall–Kier alpha value is -2.25. The molecule has 0 aliphatic heterocycles. The summed E-state index contributed by atoms with van der Waals surface area (Å²) < 4.78 is 3.65. The minimum absolute atomic E-state index is 0.916. The Bertz CT molecular complexity index is 1030. The van der Waals surface area contributed by atoms with Gasteiger partial charge in [-0.3, -0.25) is 4.68 Å². The van der Waals surface area contributed by atoms with Crippen LogP contribution in [-0.4, -0.2) is 37.5 Å². The van der Waals surface area contributed by atoms with E-state index in [4.69, 9.17) is 0 Å². The molecule has 0 amide bonds. The number of imidazole rings is 1. The molecule has 1 aliphatic carbocycles. The highest BCUT2D eigenvalue weighted by molar-refractivity contribution is 7.19. The maximum absolute atomic E-state index is 4.54. The third-order valence-electron chi connectivity index (χ3n) is 5.29. The molecular formula is C23H34N6S. The number of rotatable bonds is 4. The number of aryl methyl sites for hydroxylation is 2. The van der Waals surface area contributed by atoms with Gasteiger partial charge >= 0.3 is 0 Å². The second-order valence-corrected chi connectivity index (χ2v) is 8.51. The standard InChI is InChI=1S/C13H11N5S.C8H17N.C2H6/c1-8-5-9(6-10-7-17(2)15-11(8)10)12-16-18-4-3-14-13(18)19-12;1-2-9-7-8-5-3-4-6-8;1-2/h3-7H,1-2H3;8-9H,2-7H2,1H3;1-2H3. The number of fused-ring (bicyclic) bond motifs is 2. The SMILES string of the molecule is CC.CCNCC1CCCC1.Cc1cc(-c2nn3ccnc3s2)cc2cn(C)nc12. The second kappa shape index (κ2) is 10.7. The van der Waals surface area contributed by atoms with Crippen molar-refractivity contribution in [1.29, 1.82) is 0 Å². The molecule has 1 aliphatic rings. The van der Waals surface area contributed by atoms with E-state index in [1.54, 1.807) is 17.5 Å². The van der Waals surface area contributed by atoms with Crippen molar-refractivity contribution in [3.63, 3.8) is 0 Å². The molecule has 3 heterocycles. The van der Waals surface area contributed by atoms with Gasteiger partial charge in [0.2, 0.25) is 4.96 Å². The number of nitrogens with zero attached hydrogens (tertiary/aromatic N) is 5. The Morgan fingerprint density at radius 2 is 1.93 bits per heavy atom. The first kappa shape index (κ1) is 22.4. The van der Waals surface area contributed by atoms with Crippen LogP contribution in [0.2, 0.25) is 0 Å². The molecular weight excluding hydrogens is 392 g/mol. The Morgan fingerprint density at radius 1 is 1.17 bits per heavy atom. The molecule has 3 aromatic heterocycles. The monoisotopic (exact) mass is 426 g/mol. The average Bonchev–Trinajstić information content (AvgIpc) is 3.51. The lowest BCUT2D eigenvalue weighted by molar-refractivity contribution is 0.498. The zero-order valence-electron chi connectivity index (χ0n) is 18.9. The van der Waals surface area contributed by atoms with Gasteiger partial charge in [-0.25, -0.2) is 9.50 Å². The van der Waals surface area contributed by atoms with Gasteiger partial charge in [-0.2, -0.15) is 10.2 Å². The number of aromatic nitrogens is 5. The fraction of sp³-hybridized carbons (Fsp3) is 0.522. The summed E-state index contributed by atoms with van der Waals surface area (Å²) in [6.07, 6.45) is 11.5. The van der Waals surface area contributed by atoms with Crippen molar-refractivity contribution in [2.75, 3.05) is 13.1 Å². The molecule has 1 N–H and O–H groups in total. The van der Waals surface area contributed by atoms with Crippen LogP contribution < -0.4 is 5.32 Å². The van der Waals surface area contributed by atoms with Crippen molar-refractivity contribution in [2.24, 2.45) is 13.0 Å². The van der Waals surface area contributed by atoms with Crippen LogP contribution in [0.15, 0.2) is 30.7 Å². The lowest BCUT2D eigenvalue weighted by Crippen LogP contribution is -2.20. The third-order valence-corrected chi connectivity index (χ3v) is 6.28. The first-order chi connectivity index (χ1) is 14.6. The summed E-state index contributed by atoms with van der Waals surface area (Å²) in [6.45, 7) is 10.7. The Morgan fingerprint density at radius 3 is 2.63 bits per heavy atom. The zero-order chi connectivity index (χ0) is 21.5. The highest BCUT2D eigenvalue weighted by Gasteiger charge is 2.13. The molecule has 0 radical (unpaired) electrons. The van der Waals surface area contributed by atoms with Crippen molar-refractivity contribution in [1.82, 2.24) is 29.7 Å². The maximum Gasteiger partial charge on any atom is 0.212 e. The van der Waals surface area contributed by atoms with E-state index in [0.717, 1.165) is 38.9 Å². The van der Waals surface area contributed by atoms with E-state index in [2.05, 4.69) is 46.5 Å². The summed E-state index contributed by atoms with van der Waals surface area (Å²) in [6, 6.07) is 4.27. The van der Waals surface area contributed by atoms with E-state index >= 15 is 0 Å². The molecule has 0 unspecified atom stereocenters. The van der Waals surface area contributed by atoms with E-state index in [9.17, 15) is 0 Å². The summed E-state index contributed by atoms with van der Waals surface area (Å²) in [5.74, 6) is 1.00. The van der Waals surface area contributed by atoms with Gasteiger partial charge in [0.1, 0.15) is 5.01 Å². The minimum Gasteiger partial charge on any atom is -0.317 e. The van der Waals surface area contributed by atoms with E-state index < -0.39 is 0 Å². The molecule has 162 valence electrons. The van der Waals surface area contributed by atoms with Crippen molar-refractivity contribution < 1.29 is 0 Å².